The summed E-state index contributed by atoms with van der Waals surface area (Å²) < 4.78 is 2.12. The molecule has 0 aliphatic carbocycles. The van der Waals surface area contributed by atoms with Crippen molar-refractivity contribution in [3.63, 3.8) is 0 Å². The van der Waals surface area contributed by atoms with Gasteiger partial charge in [-0.1, -0.05) is 6.07 Å². The van der Waals surface area contributed by atoms with Crippen LogP contribution in [0.15, 0.2) is 30.5 Å². The van der Waals surface area contributed by atoms with Crippen molar-refractivity contribution in [2.24, 2.45) is 0 Å². The lowest BCUT2D eigenvalue weighted by Crippen LogP contribution is -2.14. The topological polar surface area (TPSA) is 45.5 Å². The summed E-state index contributed by atoms with van der Waals surface area (Å²) in [6.07, 6.45) is 3.01. The van der Waals surface area contributed by atoms with Gasteiger partial charge in [-0.15, -0.1) is 0 Å². The predicted octanol–water partition coefficient (Wildman–Crippen LogP) is 2.29. The van der Waals surface area contributed by atoms with Crippen molar-refractivity contribution in [1.82, 2.24) is 9.47 Å². The van der Waals surface area contributed by atoms with Gasteiger partial charge in [0, 0.05) is 23.6 Å². The number of nitrogens with zero attached hydrogens (tertiary/aromatic N) is 2. The Morgan fingerprint density at radius 1 is 1.33 bits per heavy atom. The van der Waals surface area contributed by atoms with E-state index in [2.05, 4.69) is 23.6 Å². The quantitative estimate of drug-likeness (QED) is 0.880. The molecule has 0 aliphatic heterocycles. The smallest absolute Gasteiger partial charge is 0.336 e. The molecule has 0 spiro atoms. The summed E-state index contributed by atoms with van der Waals surface area (Å²) in [4.78, 5) is 13.3. The number of fused-ring (bicyclic) bond motifs is 1. The molecule has 4 nitrogen and oxygen atoms in total. The highest BCUT2D eigenvalue weighted by Crippen LogP contribution is 2.20. The average molecular weight is 246 g/mol. The van der Waals surface area contributed by atoms with Crippen molar-refractivity contribution in [2.45, 2.75) is 13.0 Å². The molecule has 1 heterocycles. The Morgan fingerprint density at radius 2 is 2.11 bits per heavy atom. The van der Waals surface area contributed by atoms with Crippen LogP contribution >= 0.6 is 0 Å². The number of aryl methyl sites for hydroxylation is 1. The molecule has 0 unspecified atom stereocenters. The first-order chi connectivity index (χ1) is 8.59. The van der Waals surface area contributed by atoms with Gasteiger partial charge < -0.3 is 14.6 Å². The number of hydrogen-bond acceptors (Lipinski definition) is 2. The van der Waals surface area contributed by atoms with E-state index in [0.29, 0.717) is 5.56 Å². The first-order valence-electron chi connectivity index (χ1n) is 6.05. The maximum Gasteiger partial charge on any atom is 0.336 e. The van der Waals surface area contributed by atoms with E-state index in [1.54, 1.807) is 12.1 Å². The van der Waals surface area contributed by atoms with Crippen molar-refractivity contribution in [3.8, 4) is 0 Å². The maximum absolute atomic E-state index is 11.1. The summed E-state index contributed by atoms with van der Waals surface area (Å²) in [5.74, 6) is -0.869. The number of benzene rings is 1. The molecule has 2 aromatic rings. The van der Waals surface area contributed by atoms with Crippen LogP contribution in [-0.2, 0) is 6.54 Å². The molecule has 4 heteroatoms. The number of carboxylic acids is 1. The Morgan fingerprint density at radius 3 is 2.78 bits per heavy atom. The SMILES string of the molecule is CN(C)CCCn1ccc2c(C(=O)O)cccc21. The monoisotopic (exact) mass is 246 g/mol. The zero-order valence-electron chi connectivity index (χ0n) is 10.8. The lowest BCUT2D eigenvalue weighted by Gasteiger charge is -2.10. The Kier molecular flexibility index (Phi) is 3.67. The molecule has 96 valence electrons. The van der Waals surface area contributed by atoms with E-state index in [0.717, 1.165) is 30.4 Å². The second-order valence-electron chi connectivity index (χ2n) is 4.71. The van der Waals surface area contributed by atoms with E-state index < -0.39 is 5.97 Å². The van der Waals surface area contributed by atoms with Gasteiger partial charge in [0.2, 0.25) is 0 Å². The zero-order chi connectivity index (χ0) is 13.1. The largest absolute Gasteiger partial charge is 0.478 e. The van der Waals surface area contributed by atoms with Gasteiger partial charge >= 0.3 is 5.97 Å². The number of aromatic nitrogens is 1. The van der Waals surface area contributed by atoms with Gasteiger partial charge in [-0.3, -0.25) is 0 Å². The summed E-state index contributed by atoms with van der Waals surface area (Å²) >= 11 is 0. The summed E-state index contributed by atoms with van der Waals surface area (Å²) in [5.41, 5.74) is 1.37. The molecule has 18 heavy (non-hydrogen) atoms. The second-order valence-corrected chi connectivity index (χ2v) is 4.71. The van der Waals surface area contributed by atoms with Gasteiger partial charge in [0.05, 0.1) is 5.56 Å². The fourth-order valence-electron chi connectivity index (χ4n) is 2.16. The predicted molar refractivity (Wildman–Crippen MR) is 72.1 cm³/mol. The highest BCUT2D eigenvalue weighted by Gasteiger charge is 2.10. The van der Waals surface area contributed by atoms with Crippen LogP contribution in [0, 0.1) is 0 Å². The Balaban J connectivity index is 2.26. The van der Waals surface area contributed by atoms with Crippen LogP contribution in [0.3, 0.4) is 0 Å². The molecule has 1 aromatic heterocycles. The van der Waals surface area contributed by atoms with Crippen molar-refractivity contribution >= 4 is 16.9 Å². The van der Waals surface area contributed by atoms with Crippen LogP contribution < -0.4 is 0 Å². The van der Waals surface area contributed by atoms with Crippen molar-refractivity contribution in [3.05, 3.63) is 36.0 Å². The van der Waals surface area contributed by atoms with Gasteiger partial charge in [-0.05, 0) is 45.3 Å². The van der Waals surface area contributed by atoms with Crippen molar-refractivity contribution in [2.75, 3.05) is 20.6 Å². The van der Waals surface area contributed by atoms with Gasteiger partial charge in [0.1, 0.15) is 0 Å². The lowest BCUT2D eigenvalue weighted by atomic mass is 10.1. The molecule has 2 rings (SSSR count). The third-order valence-electron chi connectivity index (χ3n) is 3.05. The Bertz CT molecular complexity index is 558. The minimum absolute atomic E-state index is 0.374. The van der Waals surface area contributed by atoms with Crippen molar-refractivity contribution in [1.29, 1.82) is 0 Å². The molecule has 1 aromatic carbocycles. The molecule has 1 N–H and O–H groups in total. The molecule has 0 saturated carbocycles. The summed E-state index contributed by atoms with van der Waals surface area (Å²) in [7, 11) is 4.10. The van der Waals surface area contributed by atoms with Crippen LogP contribution in [0.25, 0.3) is 10.9 Å². The normalized spacial score (nSPS) is 11.3. The molecule has 0 aliphatic rings. The molecule has 0 saturated heterocycles. The Hall–Kier alpha value is -1.81. The highest BCUT2D eigenvalue weighted by molar-refractivity contribution is 6.02. The van der Waals surface area contributed by atoms with Crippen LogP contribution in [0.4, 0.5) is 0 Å². The highest BCUT2D eigenvalue weighted by atomic mass is 16.4. The number of rotatable bonds is 5. The van der Waals surface area contributed by atoms with E-state index in [9.17, 15) is 4.79 Å². The molecule has 0 atom stereocenters. The molecule has 0 radical (unpaired) electrons. The van der Waals surface area contributed by atoms with Crippen LogP contribution in [0.1, 0.15) is 16.8 Å². The zero-order valence-corrected chi connectivity index (χ0v) is 10.8. The number of aromatic carboxylic acids is 1. The standard InChI is InChI=1S/C14H18N2O2/c1-15(2)8-4-9-16-10-7-11-12(14(17)18)5-3-6-13(11)16/h3,5-7,10H,4,8-9H2,1-2H3,(H,17,18). The maximum atomic E-state index is 11.1. The summed E-state index contributed by atoms with van der Waals surface area (Å²) in [6, 6.07) is 7.30. The lowest BCUT2D eigenvalue weighted by molar-refractivity contribution is 0.0699. The van der Waals surface area contributed by atoms with E-state index in [1.807, 2.05) is 18.3 Å². The molecular weight excluding hydrogens is 228 g/mol. The van der Waals surface area contributed by atoms with E-state index in [4.69, 9.17) is 5.11 Å². The van der Waals surface area contributed by atoms with E-state index in [-0.39, 0.29) is 0 Å². The third kappa shape index (κ3) is 2.54. The molecule has 0 fully saturated rings. The number of hydrogen-bond donors (Lipinski definition) is 1. The van der Waals surface area contributed by atoms with Crippen LogP contribution in [-0.4, -0.2) is 41.2 Å². The summed E-state index contributed by atoms with van der Waals surface area (Å²) in [6.45, 7) is 1.93. The fraction of sp³-hybridized carbons (Fsp3) is 0.357. The van der Waals surface area contributed by atoms with Gasteiger partial charge in [0.25, 0.3) is 0 Å². The van der Waals surface area contributed by atoms with Crippen LogP contribution in [0.2, 0.25) is 0 Å². The minimum atomic E-state index is -0.869. The van der Waals surface area contributed by atoms with Crippen molar-refractivity contribution < 1.29 is 9.90 Å². The van der Waals surface area contributed by atoms with Gasteiger partial charge in [0.15, 0.2) is 0 Å². The molecule has 0 bridgehead atoms. The number of carboxylic acid groups (broad SMARTS) is 1. The second kappa shape index (κ2) is 5.23. The summed E-state index contributed by atoms with van der Waals surface area (Å²) in [5, 5.41) is 9.94. The number of carbonyl (C=O) groups is 1. The van der Waals surface area contributed by atoms with Crippen LogP contribution in [0.5, 0.6) is 0 Å². The minimum Gasteiger partial charge on any atom is -0.478 e. The fourth-order valence-corrected chi connectivity index (χ4v) is 2.16. The Labute approximate surface area is 106 Å². The molecule has 0 amide bonds. The third-order valence-corrected chi connectivity index (χ3v) is 3.05. The average Bonchev–Trinajstić information content (AvgIpc) is 2.72. The van der Waals surface area contributed by atoms with Gasteiger partial charge in [-0.25, -0.2) is 4.79 Å². The molecular formula is C14H18N2O2. The van der Waals surface area contributed by atoms with Gasteiger partial charge in [-0.2, -0.15) is 0 Å². The van der Waals surface area contributed by atoms with E-state index in [1.165, 1.54) is 0 Å². The first kappa shape index (κ1) is 12.6. The van der Waals surface area contributed by atoms with E-state index >= 15 is 0 Å². The first-order valence-corrected chi connectivity index (χ1v) is 6.05.